The van der Waals surface area contributed by atoms with Crippen LogP contribution in [0.4, 0.5) is 0 Å². The highest BCUT2D eigenvalue weighted by atomic mass is 16.5. The molecule has 0 aromatic heterocycles. The van der Waals surface area contributed by atoms with Crippen LogP contribution in [0.3, 0.4) is 0 Å². The molecule has 1 heterocycles. The van der Waals surface area contributed by atoms with E-state index >= 15 is 0 Å². The van der Waals surface area contributed by atoms with Gasteiger partial charge in [0.25, 0.3) is 0 Å². The summed E-state index contributed by atoms with van der Waals surface area (Å²) in [7, 11) is 1.72. The van der Waals surface area contributed by atoms with Crippen LogP contribution >= 0.6 is 0 Å². The molecule has 0 aromatic carbocycles. The quantitative estimate of drug-likeness (QED) is 0.559. The molecule has 0 saturated carbocycles. The van der Waals surface area contributed by atoms with E-state index in [-0.39, 0.29) is 0 Å². The predicted molar refractivity (Wildman–Crippen MR) is 35.5 cm³/mol. The maximum absolute atomic E-state index is 5.39. The van der Waals surface area contributed by atoms with Crippen LogP contribution in [-0.4, -0.2) is 26.4 Å². The third-order valence-electron chi connectivity index (χ3n) is 1.63. The van der Waals surface area contributed by atoms with Crippen molar-refractivity contribution in [3.63, 3.8) is 0 Å². The molecule has 0 radical (unpaired) electrons. The van der Waals surface area contributed by atoms with Crippen molar-refractivity contribution in [3.05, 3.63) is 0 Å². The number of ether oxygens (including phenoxy) is 2. The summed E-state index contributed by atoms with van der Waals surface area (Å²) < 4.78 is 10.3. The zero-order valence-electron chi connectivity index (χ0n) is 5.93. The van der Waals surface area contributed by atoms with E-state index in [9.17, 15) is 0 Å². The second-order valence-electron chi connectivity index (χ2n) is 2.44. The van der Waals surface area contributed by atoms with Crippen LogP contribution in [0.25, 0.3) is 0 Å². The predicted octanol–water partition coefficient (Wildman–Crippen LogP) is 1.20. The maximum Gasteiger partial charge on any atom is 0.0808 e. The SMILES string of the molecule is COCC1CCCCO1. The van der Waals surface area contributed by atoms with E-state index in [0.29, 0.717) is 6.10 Å². The van der Waals surface area contributed by atoms with Crippen molar-refractivity contribution in [2.24, 2.45) is 0 Å². The Kier molecular flexibility index (Phi) is 3.01. The van der Waals surface area contributed by atoms with Gasteiger partial charge in [0.1, 0.15) is 0 Å². The first-order valence-electron chi connectivity index (χ1n) is 3.54. The van der Waals surface area contributed by atoms with Crippen molar-refractivity contribution >= 4 is 0 Å². The lowest BCUT2D eigenvalue weighted by molar-refractivity contribution is -0.0289. The molecule has 2 heteroatoms. The molecule has 1 fully saturated rings. The first-order valence-corrected chi connectivity index (χ1v) is 3.54. The summed E-state index contributed by atoms with van der Waals surface area (Å²) in [5, 5.41) is 0. The van der Waals surface area contributed by atoms with Gasteiger partial charge in [-0.3, -0.25) is 0 Å². The number of hydrogen-bond donors (Lipinski definition) is 0. The Balaban J connectivity index is 2.08. The van der Waals surface area contributed by atoms with Gasteiger partial charge >= 0.3 is 0 Å². The van der Waals surface area contributed by atoms with Crippen LogP contribution in [0.1, 0.15) is 19.3 Å². The fourth-order valence-corrected chi connectivity index (χ4v) is 1.12. The van der Waals surface area contributed by atoms with Crippen LogP contribution in [-0.2, 0) is 9.47 Å². The zero-order chi connectivity index (χ0) is 6.53. The van der Waals surface area contributed by atoms with Gasteiger partial charge < -0.3 is 9.47 Å². The van der Waals surface area contributed by atoms with Gasteiger partial charge in [0.05, 0.1) is 12.7 Å². The van der Waals surface area contributed by atoms with E-state index in [2.05, 4.69) is 0 Å². The number of hydrogen-bond acceptors (Lipinski definition) is 2. The van der Waals surface area contributed by atoms with Crippen molar-refractivity contribution < 1.29 is 9.47 Å². The monoisotopic (exact) mass is 130 g/mol. The van der Waals surface area contributed by atoms with Crippen LogP contribution in [0, 0.1) is 0 Å². The minimum atomic E-state index is 0.378. The molecule has 2 nitrogen and oxygen atoms in total. The molecule has 0 bridgehead atoms. The molecule has 1 saturated heterocycles. The van der Waals surface area contributed by atoms with E-state index in [0.717, 1.165) is 13.2 Å². The third kappa shape index (κ3) is 2.33. The summed E-state index contributed by atoms with van der Waals surface area (Å²) in [6.45, 7) is 1.69. The van der Waals surface area contributed by atoms with Crippen LogP contribution < -0.4 is 0 Å². The zero-order valence-corrected chi connectivity index (χ0v) is 5.93. The van der Waals surface area contributed by atoms with E-state index in [1.54, 1.807) is 7.11 Å². The van der Waals surface area contributed by atoms with Crippen LogP contribution in [0.15, 0.2) is 0 Å². The average molecular weight is 130 g/mol. The van der Waals surface area contributed by atoms with Crippen molar-refractivity contribution in [3.8, 4) is 0 Å². The largest absolute Gasteiger partial charge is 0.382 e. The molecule has 1 aliphatic rings. The molecule has 1 atom stereocenters. The lowest BCUT2D eigenvalue weighted by atomic mass is 10.1. The topological polar surface area (TPSA) is 18.5 Å². The first-order chi connectivity index (χ1) is 4.43. The highest BCUT2D eigenvalue weighted by molar-refractivity contribution is 4.61. The summed E-state index contributed by atoms with van der Waals surface area (Å²) >= 11 is 0. The number of rotatable bonds is 2. The molecule has 1 aliphatic heterocycles. The standard InChI is InChI=1S/C7H14O2/c1-8-6-7-4-2-3-5-9-7/h7H,2-6H2,1H3. The molecule has 1 unspecified atom stereocenters. The highest BCUT2D eigenvalue weighted by Crippen LogP contribution is 2.11. The van der Waals surface area contributed by atoms with E-state index < -0.39 is 0 Å². The van der Waals surface area contributed by atoms with Gasteiger partial charge in [-0.25, -0.2) is 0 Å². The second kappa shape index (κ2) is 3.85. The molecule has 1 rings (SSSR count). The average Bonchev–Trinajstić information content (AvgIpc) is 1.91. The number of methoxy groups -OCH3 is 1. The summed E-state index contributed by atoms with van der Waals surface area (Å²) in [4.78, 5) is 0. The highest BCUT2D eigenvalue weighted by Gasteiger charge is 2.12. The minimum Gasteiger partial charge on any atom is -0.382 e. The van der Waals surface area contributed by atoms with Gasteiger partial charge in [0.2, 0.25) is 0 Å². The Hall–Kier alpha value is -0.0800. The molecular weight excluding hydrogens is 116 g/mol. The molecule has 0 amide bonds. The lowest BCUT2D eigenvalue weighted by Gasteiger charge is -2.21. The molecule has 0 spiro atoms. The summed E-state index contributed by atoms with van der Waals surface area (Å²) in [5.41, 5.74) is 0. The molecule has 0 N–H and O–H groups in total. The van der Waals surface area contributed by atoms with Crippen molar-refractivity contribution in [1.29, 1.82) is 0 Å². The van der Waals surface area contributed by atoms with Crippen molar-refractivity contribution in [2.45, 2.75) is 25.4 Å². The smallest absolute Gasteiger partial charge is 0.0808 e. The van der Waals surface area contributed by atoms with Gasteiger partial charge in [-0.1, -0.05) is 0 Å². The minimum absolute atomic E-state index is 0.378. The first kappa shape index (κ1) is 7.03. The van der Waals surface area contributed by atoms with Crippen LogP contribution in [0.5, 0.6) is 0 Å². The molecule has 0 aromatic rings. The van der Waals surface area contributed by atoms with E-state index in [1.165, 1.54) is 19.3 Å². The van der Waals surface area contributed by atoms with Gasteiger partial charge in [0.15, 0.2) is 0 Å². The van der Waals surface area contributed by atoms with Gasteiger partial charge in [-0.2, -0.15) is 0 Å². The van der Waals surface area contributed by atoms with E-state index in [1.807, 2.05) is 0 Å². The Morgan fingerprint density at radius 2 is 2.44 bits per heavy atom. The fraction of sp³-hybridized carbons (Fsp3) is 1.00. The van der Waals surface area contributed by atoms with Crippen LogP contribution in [0.2, 0.25) is 0 Å². The lowest BCUT2D eigenvalue weighted by Crippen LogP contribution is -2.23. The molecule has 54 valence electrons. The summed E-state index contributed by atoms with van der Waals surface area (Å²) in [6.07, 6.45) is 4.07. The Labute approximate surface area is 56.2 Å². The van der Waals surface area contributed by atoms with Crippen molar-refractivity contribution in [1.82, 2.24) is 0 Å². The summed E-state index contributed by atoms with van der Waals surface area (Å²) in [6, 6.07) is 0. The Morgan fingerprint density at radius 1 is 1.56 bits per heavy atom. The van der Waals surface area contributed by atoms with Gasteiger partial charge in [-0.05, 0) is 19.3 Å². The third-order valence-corrected chi connectivity index (χ3v) is 1.63. The normalized spacial score (nSPS) is 28.3. The maximum atomic E-state index is 5.39. The van der Waals surface area contributed by atoms with Crippen molar-refractivity contribution in [2.75, 3.05) is 20.3 Å². The summed E-state index contributed by atoms with van der Waals surface area (Å²) in [5.74, 6) is 0. The molecular formula is C7H14O2. The van der Waals surface area contributed by atoms with E-state index in [4.69, 9.17) is 9.47 Å². The Morgan fingerprint density at radius 3 is 3.00 bits per heavy atom. The fourth-order valence-electron chi connectivity index (χ4n) is 1.12. The Bertz CT molecular complexity index is 64.6. The van der Waals surface area contributed by atoms with Gasteiger partial charge in [-0.15, -0.1) is 0 Å². The molecule has 0 aliphatic carbocycles. The second-order valence-corrected chi connectivity index (χ2v) is 2.44. The van der Waals surface area contributed by atoms with Gasteiger partial charge in [0, 0.05) is 13.7 Å². The molecule has 9 heavy (non-hydrogen) atoms.